The smallest absolute Gasteiger partial charge is 0.167 e. The number of hydrogen-bond acceptors (Lipinski definition) is 5. The van der Waals surface area contributed by atoms with Crippen molar-refractivity contribution in [3.05, 3.63) is 194 Å². The van der Waals surface area contributed by atoms with Gasteiger partial charge in [0.25, 0.3) is 0 Å². The summed E-state index contributed by atoms with van der Waals surface area (Å²) >= 11 is 0. The Kier molecular flexibility index (Phi) is 7.73. The van der Waals surface area contributed by atoms with Crippen molar-refractivity contribution >= 4 is 49.8 Å². The van der Waals surface area contributed by atoms with Crippen molar-refractivity contribution in [2.75, 3.05) is 4.90 Å². The molecule has 0 bridgehead atoms. The van der Waals surface area contributed by atoms with E-state index in [0.29, 0.717) is 17.5 Å². The van der Waals surface area contributed by atoms with Gasteiger partial charge in [-0.15, -0.1) is 0 Å². The second-order valence-corrected chi connectivity index (χ2v) is 13.2. The van der Waals surface area contributed by atoms with E-state index < -0.39 is 0 Å². The maximum atomic E-state index is 6.93. The SMILES string of the molecule is c1ccc(-c2ccc(N(c3ccccc3)c3cc4c5cccc(-c6nc(-c7ccccc7)nc(-c7ccccc7)n6)c5oc4c4ccccc34)cc2)cc1. The maximum Gasteiger partial charge on any atom is 0.167 e. The van der Waals surface area contributed by atoms with E-state index in [2.05, 4.69) is 126 Å². The highest BCUT2D eigenvalue weighted by Crippen LogP contribution is 2.46. The van der Waals surface area contributed by atoms with Crippen LogP contribution in [0.4, 0.5) is 17.1 Å². The Hall–Kier alpha value is -7.37. The highest BCUT2D eigenvalue weighted by Gasteiger charge is 2.22. The molecular formula is C49H32N4O. The van der Waals surface area contributed by atoms with Crippen LogP contribution in [0.1, 0.15) is 0 Å². The molecule has 0 amide bonds. The van der Waals surface area contributed by atoms with Gasteiger partial charge in [0.15, 0.2) is 17.5 Å². The maximum absolute atomic E-state index is 6.93. The lowest BCUT2D eigenvalue weighted by molar-refractivity contribution is 0.673. The van der Waals surface area contributed by atoms with Gasteiger partial charge in [-0.05, 0) is 47.5 Å². The lowest BCUT2D eigenvalue weighted by Crippen LogP contribution is -2.10. The van der Waals surface area contributed by atoms with Crippen molar-refractivity contribution in [3.63, 3.8) is 0 Å². The van der Waals surface area contributed by atoms with E-state index in [9.17, 15) is 0 Å². The summed E-state index contributed by atoms with van der Waals surface area (Å²) in [6, 6.07) is 66.9. The Bertz CT molecular complexity index is 2850. The number of rotatable bonds is 7. The number of benzene rings is 8. The van der Waals surface area contributed by atoms with Crippen LogP contribution in [0.15, 0.2) is 199 Å². The van der Waals surface area contributed by atoms with Crippen LogP contribution >= 0.6 is 0 Å². The summed E-state index contributed by atoms with van der Waals surface area (Å²) in [5.74, 6) is 1.77. The molecule has 2 heterocycles. The molecule has 2 aromatic heterocycles. The molecule has 5 nitrogen and oxygen atoms in total. The Labute approximate surface area is 312 Å². The third kappa shape index (κ3) is 5.56. The monoisotopic (exact) mass is 692 g/mol. The first-order valence-corrected chi connectivity index (χ1v) is 18.0. The van der Waals surface area contributed by atoms with Gasteiger partial charge in [-0.3, -0.25) is 0 Å². The Morgan fingerprint density at radius 2 is 0.796 bits per heavy atom. The fourth-order valence-corrected chi connectivity index (χ4v) is 7.33. The van der Waals surface area contributed by atoms with E-state index >= 15 is 0 Å². The minimum absolute atomic E-state index is 0.557. The molecule has 0 aliphatic rings. The van der Waals surface area contributed by atoms with Crippen molar-refractivity contribution < 1.29 is 4.42 Å². The molecule has 0 spiro atoms. The van der Waals surface area contributed by atoms with Crippen molar-refractivity contribution in [1.29, 1.82) is 0 Å². The molecular weight excluding hydrogens is 661 g/mol. The number of aromatic nitrogens is 3. The van der Waals surface area contributed by atoms with Gasteiger partial charge < -0.3 is 9.32 Å². The Morgan fingerprint density at radius 1 is 0.333 bits per heavy atom. The van der Waals surface area contributed by atoms with E-state index in [1.54, 1.807) is 0 Å². The molecule has 0 unspecified atom stereocenters. The van der Waals surface area contributed by atoms with Crippen molar-refractivity contribution in [2.24, 2.45) is 0 Å². The van der Waals surface area contributed by atoms with Crippen LogP contribution in [0.3, 0.4) is 0 Å². The first kappa shape index (κ1) is 31.4. The molecule has 0 radical (unpaired) electrons. The minimum Gasteiger partial charge on any atom is -0.455 e. The Morgan fingerprint density at radius 3 is 1.43 bits per heavy atom. The van der Waals surface area contributed by atoms with E-state index in [1.807, 2.05) is 72.8 Å². The van der Waals surface area contributed by atoms with E-state index in [0.717, 1.165) is 66.5 Å². The van der Waals surface area contributed by atoms with Crippen LogP contribution in [0.25, 0.3) is 78.0 Å². The summed E-state index contributed by atoms with van der Waals surface area (Å²) in [4.78, 5) is 17.3. The van der Waals surface area contributed by atoms with E-state index in [-0.39, 0.29) is 0 Å². The van der Waals surface area contributed by atoms with Gasteiger partial charge in [-0.2, -0.15) is 0 Å². The fourth-order valence-electron chi connectivity index (χ4n) is 7.33. The molecule has 0 N–H and O–H groups in total. The molecule has 254 valence electrons. The van der Waals surface area contributed by atoms with Gasteiger partial charge >= 0.3 is 0 Å². The molecule has 10 aromatic rings. The molecule has 5 heteroatoms. The molecule has 0 atom stereocenters. The first-order valence-electron chi connectivity index (χ1n) is 18.0. The normalized spacial score (nSPS) is 11.3. The summed E-state index contributed by atoms with van der Waals surface area (Å²) in [6.45, 7) is 0. The molecule has 54 heavy (non-hydrogen) atoms. The predicted octanol–water partition coefficient (Wildman–Crippen LogP) is 13.1. The van der Waals surface area contributed by atoms with Gasteiger partial charge in [0, 0.05) is 44.0 Å². The first-order chi connectivity index (χ1) is 26.8. The summed E-state index contributed by atoms with van der Waals surface area (Å²) in [5, 5.41) is 4.12. The zero-order valence-electron chi connectivity index (χ0n) is 29.2. The lowest BCUT2D eigenvalue weighted by atomic mass is 10.0. The molecule has 0 aliphatic heterocycles. The highest BCUT2D eigenvalue weighted by atomic mass is 16.3. The second-order valence-electron chi connectivity index (χ2n) is 13.2. The average molecular weight is 693 g/mol. The molecule has 0 saturated heterocycles. The zero-order chi connectivity index (χ0) is 35.8. The standard InChI is InChI=1S/C49H32N4O/c1-5-16-33(17-6-1)34-28-30-38(31-29-34)53(37-22-11-4-12-23-37)44-32-43-41-26-15-27-42(45(41)54-46(43)40-25-14-13-24-39(40)44)49-51-47(35-18-7-2-8-19-35)50-48(52-49)36-20-9-3-10-21-36/h1-32H. The minimum atomic E-state index is 0.557. The van der Waals surface area contributed by atoms with Crippen LogP contribution in [0.5, 0.6) is 0 Å². The average Bonchev–Trinajstić information content (AvgIpc) is 3.64. The number of fused-ring (bicyclic) bond motifs is 5. The van der Waals surface area contributed by atoms with Crippen molar-refractivity contribution in [3.8, 4) is 45.3 Å². The van der Waals surface area contributed by atoms with Crippen molar-refractivity contribution in [1.82, 2.24) is 15.0 Å². The highest BCUT2D eigenvalue weighted by molar-refractivity contribution is 6.21. The largest absolute Gasteiger partial charge is 0.455 e. The Balaban J connectivity index is 1.19. The second kappa shape index (κ2) is 13.3. The molecule has 10 rings (SSSR count). The van der Waals surface area contributed by atoms with Crippen LogP contribution < -0.4 is 4.90 Å². The summed E-state index contributed by atoms with van der Waals surface area (Å²) in [7, 11) is 0. The number of furan rings is 1. The van der Waals surface area contributed by atoms with Gasteiger partial charge in [0.1, 0.15) is 11.2 Å². The van der Waals surface area contributed by atoms with Gasteiger partial charge in [-0.1, -0.05) is 158 Å². The third-order valence-corrected chi connectivity index (χ3v) is 9.91. The van der Waals surface area contributed by atoms with Crippen LogP contribution in [-0.2, 0) is 0 Å². The van der Waals surface area contributed by atoms with E-state index in [1.165, 1.54) is 11.1 Å². The third-order valence-electron chi connectivity index (χ3n) is 9.91. The van der Waals surface area contributed by atoms with Crippen molar-refractivity contribution in [2.45, 2.75) is 0 Å². The number of nitrogens with zero attached hydrogens (tertiary/aromatic N) is 4. The number of para-hydroxylation sites is 2. The quantitative estimate of drug-likeness (QED) is 0.166. The number of hydrogen-bond donors (Lipinski definition) is 0. The van der Waals surface area contributed by atoms with Gasteiger partial charge in [-0.25, -0.2) is 15.0 Å². The zero-order valence-corrected chi connectivity index (χ0v) is 29.2. The molecule has 0 saturated carbocycles. The topological polar surface area (TPSA) is 55.1 Å². The summed E-state index contributed by atoms with van der Waals surface area (Å²) in [5.41, 5.74) is 9.75. The van der Waals surface area contributed by atoms with E-state index in [4.69, 9.17) is 19.4 Å². The predicted molar refractivity (Wildman–Crippen MR) is 221 cm³/mol. The fraction of sp³-hybridized carbons (Fsp3) is 0. The van der Waals surface area contributed by atoms with Crippen LogP contribution in [0.2, 0.25) is 0 Å². The van der Waals surface area contributed by atoms with Crippen LogP contribution in [0, 0.1) is 0 Å². The summed E-state index contributed by atoms with van der Waals surface area (Å²) < 4.78 is 6.93. The molecule has 8 aromatic carbocycles. The van der Waals surface area contributed by atoms with Gasteiger partial charge in [0.05, 0.1) is 11.3 Å². The van der Waals surface area contributed by atoms with Gasteiger partial charge in [0.2, 0.25) is 0 Å². The number of anilines is 3. The molecule has 0 fully saturated rings. The molecule has 0 aliphatic carbocycles. The van der Waals surface area contributed by atoms with Crippen LogP contribution in [-0.4, -0.2) is 15.0 Å². The summed E-state index contributed by atoms with van der Waals surface area (Å²) in [6.07, 6.45) is 0. The lowest BCUT2D eigenvalue weighted by Gasteiger charge is -2.27.